The fraction of sp³-hybridized carbons (Fsp3) is 0.450. The topological polar surface area (TPSA) is 132 Å². The lowest BCUT2D eigenvalue weighted by Gasteiger charge is -2.23. The van der Waals surface area contributed by atoms with E-state index >= 15 is 4.39 Å². The molecule has 0 bridgehead atoms. The molecule has 1 saturated carbocycles. The van der Waals surface area contributed by atoms with Crippen LogP contribution in [-0.4, -0.2) is 50.0 Å². The second-order valence-electron chi connectivity index (χ2n) is 7.79. The van der Waals surface area contributed by atoms with Gasteiger partial charge in [0, 0.05) is 30.7 Å². The van der Waals surface area contributed by atoms with Crippen LogP contribution < -0.4 is 19.1 Å². The van der Waals surface area contributed by atoms with Gasteiger partial charge in [-0.3, -0.25) is 19.6 Å². The molecule has 2 heterocycles. The first-order valence-electron chi connectivity index (χ1n) is 10.4. The first-order valence-corrected chi connectivity index (χ1v) is 11.8. The largest absolute Gasteiger partial charge is 0.453 e. The number of nitrogens with zero attached hydrogens (tertiary/aromatic N) is 3. The minimum atomic E-state index is -4.33. The van der Waals surface area contributed by atoms with Gasteiger partial charge in [0.15, 0.2) is 11.6 Å². The summed E-state index contributed by atoms with van der Waals surface area (Å²) in [6.07, 6.45) is 3.88. The van der Waals surface area contributed by atoms with E-state index in [4.69, 9.17) is 9.47 Å². The molecule has 2 fully saturated rings. The Hall–Kier alpha value is -3.19. The minimum absolute atomic E-state index is 0.0725. The Balaban J connectivity index is 1.77. The van der Waals surface area contributed by atoms with E-state index in [1.807, 2.05) is 11.8 Å². The Morgan fingerprint density at radius 1 is 1.39 bits per heavy atom. The molecule has 1 saturated heterocycles. The van der Waals surface area contributed by atoms with Crippen LogP contribution in [0.25, 0.3) is 11.1 Å². The molecule has 178 valence electrons. The highest BCUT2D eigenvalue weighted by Crippen LogP contribution is 2.42. The van der Waals surface area contributed by atoms with Gasteiger partial charge >= 0.3 is 16.2 Å². The number of benzene rings is 1. The van der Waals surface area contributed by atoms with Crippen molar-refractivity contribution in [1.29, 1.82) is 0 Å². The molecule has 2 aromatic rings. The number of esters is 1. The molecule has 33 heavy (non-hydrogen) atoms. The van der Waals surface area contributed by atoms with Crippen LogP contribution in [0.1, 0.15) is 33.1 Å². The van der Waals surface area contributed by atoms with E-state index in [-0.39, 0.29) is 23.4 Å². The Morgan fingerprint density at radius 3 is 2.70 bits per heavy atom. The van der Waals surface area contributed by atoms with Crippen LogP contribution >= 0.6 is 0 Å². The maximum absolute atomic E-state index is 15.8. The maximum atomic E-state index is 15.8. The van der Waals surface area contributed by atoms with Gasteiger partial charge in [0.25, 0.3) is 5.91 Å². The van der Waals surface area contributed by atoms with Crippen molar-refractivity contribution in [2.24, 2.45) is 0 Å². The number of carbonyl (C=O) groups is 2. The van der Waals surface area contributed by atoms with Crippen molar-refractivity contribution in [2.45, 2.75) is 45.1 Å². The summed E-state index contributed by atoms with van der Waals surface area (Å²) in [5, 5.41) is 7.50. The summed E-state index contributed by atoms with van der Waals surface area (Å²) in [5.74, 6) is -2.48. The second-order valence-corrected chi connectivity index (χ2v) is 9.39. The van der Waals surface area contributed by atoms with E-state index < -0.39 is 46.4 Å². The summed E-state index contributed by atoms with van der Waals surface area (Å²) < 4.78 is 55.5. The zero-order valence-corrected chi connectivity index (χ0v) is 19.1. The number of aromatic nitrogens is 2. The van der Waals surface area contributed by atoms with Gasteiger partial charge in [-0.25, -0.2) is 13.4 Å². The maximum Gasteiger partial charge on any atom is 0.326 e. The number of hydrogen-bond acceptors (Lipinski definition) is 8. The smallest absolute Gasteiger partial charge is 0.326 e. The Kier molecular flexibility index (Phi) is 5.78. The average Bonchev–Trinajstić information content (AvgIpc) is 3.31. The highest BCUT2D eigenvalue weighted by molar-refractivity contribution is 7.92. The number of halogens is 1. The predicted molar refractivity (Wildman–Crippen MR) is 115 cm³/mol. The zero-order valence-electron chi connectivity index (χ0n) is 18.3. The summed E-state index contributed by atoms with van der Waals surface area (Å²) in [4.78, 5) is 23.4. The molecule has 1 unspecified atom stereocenters. The monoisotopic (exact) mass is 481 g/mol. The molecule has 1 amide bonds. The lowest BCUT2D eigenvalue weighted by molar-refractivity contribution is -0.160. The molecule has 0 spiro atoms. The lowest BCUT2D eigenvalue weighted by Crippen LogP contribution is -2.32. The van der Waals surface area contributed by atoms with E-state index in [1.54, 1.807) is 17.8 Å². The van der Waals surface area contributed by atoms with Gasteiger partial charge in [0.2, 0.25) is 6.29 Å². The Morgan fingerprint density at radius 2 is 2.12 bits per heavy atom. The normalized spacial score (nSPS) is 19.2. The van der Waals surface area contributed by atoms with Crippen molar-refractivity contribution in [3.8, 4) is 16.9 Å². The van der Waals surface area contributed by atoms with Crippen LogP contribution in [0.4, 0.5) is 10.1 Å². The highest BCUT2D eigenvalue weighted by atomic mass is 32.2. The molecule has 1 aliphatic heterocycles. The highest BCUT2D eigenvalue weighted by Gasteiger charge is 2.44. The van der Waals surface area contributed by atoms with Crippen LogP contribution in [0.5, 0.6) is 5.75 Å². The molecule has 1 aromatic carbocycles. The first-order chi connectivity index (χ1) is 15.6. The van der Waals surface area contributed by atoms with Crippen molar-refractivity contribution in [3.63, 3.8) is 0 Å². The van der Waals surface area contributed by atoms with Crippen LogP contribution in [-0.2, 0) is 30.2 Å². The number of carbonyl (C=O) groups excluding carboxylic acids is 2. The minimum Gasteiger partial charge on any atom is -0.453 e. The van der Waals surface area contributed by atoms with Gasteiger partial charge in [-0.15, -0.1) is 0 Å². The number of rotatable bonds is 8. The van der Waals surface area contributed by atoms with Crippen molar-refractivity contribution in [2.75, 3.05) is 17.9 Å². The molecular weight excluding hydrogens is 457 g/mol. The van der Waals surface area contributed by atoms with Gasteiger partial charge in [-0.1, -0.05) is 6.92 Å². The number of anilines is 1. The molecule has 4 rings (SSSR count). The third kappa shape index (κ3) is 4.25. The van der Waals surface area contributed by atoms with Crippen LogP contribution in [0.15, 0.2) is 24.5 Å². The summed E-state index contributed by atoms with van der Waals surface area (Å²) in [6, 6.07) is 2.78. The van der Waals surface area contributed by atoms with E-state index in [9.17, 15) is 18.0 Å². The number of amides is 1. The third-order valence-electron chi connectivity index (χ3n) is 5.55. The van der Waals surface area contributed by atoms with Gasteiger partial charge in [-0.05, 0) is 32.0 Å². The summed E-state index contributed by atoms with van der Waals surface area (Å²) >= 11 is 0. The van der Waals surface area contributed by atoms with E-state index in [0.29, 0.717) is 9.87 Å². The van der Waals surface area contributed by atoms with Crippen LogP contribution in [0, 0.1) is 5.82 Å². The fourth-order valence-corrected chi connectivity index (χ4v) is 4.78. The number of nitrogens with one attached hydrogen (secondary N) is 2. The van der Waals surface area contributed by atoms with Crippen molar-refractivity contribution in [3.05, 3.63) is 30.3 Å². The molecule has 13 heteroatoms. The van der Waals surface area contributed by atoms with E-state index in [2.05, 4.69) is 10.4 Å². The molecule has 1 aromatic heterocycles. The van der Waals surface area contributed by atoms with Crippen molar-refractivity contribution >= 4 is 27.8 Å². The molecular formula is C20H24FN5O6S. The lowest BCUT2D eigenvalue weighted by atomic mass is 10.1. The van der Waals surface area contributed by atoms with Gasteiger partial charge in [-0.2, -0.15) is 13.5 Å². The van der Waals surface area contributed by atoms with Crippen molar-refractivity contribution < 1.29 is 31.9 Å². The average molecular weight is 482 g/mol. The number of ether oxygens (including phenoxy) is 2. The predicted octanol–water partition coefficient (Wildman–Crippen LogP) is 1.21. The quantitative estimate of drug-likeness (QED) is 0.425. The number of hydrogen-bond donors (Lipinski definition) is 2. The summed E-state index contributed by atoms with van der Waals surface area (Å²) in [5.41, 5.74) is -0.285. The molecule has 1 aliphatic carbocycles. The Labute approximate surface area is 190 Å². The fourth-order valence-electron chi connectivity index (χ4n) is 3.62. The SMILES string of the molecule is CCC(=O)OC(C)Oc1ccc(-c2cnn(C3(NC)CC3)c2)c(F)c1N1CC(=O)NS1(=O)=O. The molecule has 2 aliphatic rings. The van der Waals surface area contributed by atoms with Gasteiger partial charge in [0.1, 0.15) is 17.9 Å². The molecule has 0 radical (unpaired) electrons. The van der Waals surface area contributed by atoms with Gasteiger partial charge < -0.3 is 9.47 Å². The van der Waals surface area contributed by atoms with Crippen LogP contribution in [0.3, 0.4) is 0 Å². The molecule has 1 atom stereocenters. The first kappa shape index (κ1) is 23.0. The van der Waals surface area contributed by atoms with E-state index in [1.165, 1.54) is 25.3 Å². The zero-order chi connectivity index (χ0) is 24.0. The van der Waals surface area contributed by atoms with Crippen LogP contribution in [0.2, 0.25) is 0 Å². The Bertz CT molecular complexity index is 1210. The second kappa shape index (κ2) is 8.30. The summed E-state index contributed by atoms with van der Waals surface area (Å²) in [7, 11) is -2.52. The van der Waals surface area contributed by atoms with Crippen molar-refractivity contribution in [1.82, 2.24) is 19.8 Å². The van der Waals surface area contributed by atoms with E-state index in [0.717, 1.165) is 12.8 Å². The molecule has 2 N–H and O–H groups in total. The summed E-state index contributed by atoms with van der Waals surface area (Å²) in [6.45, 7) is 2.40. The third-order valence-corrected chi connectivity index (χ3v) is 6.93. The standard InChI is InChI=1S/C20H24FN5O6S/c1-4-17(28)32-12(2)31-15-6-5-14(13-9-23-26(10-13)20(22-3)7-8-20)18(21)19(15)25-11-16(27)24-33(25,29)30/h5-6,9-10,12,22H,4,7-8,11H2,1-3H3,(H,24,27). The molecule has 11 nitrogen and oxygen atoms in total. The van der Waals surface area contributed by atoms with Gasteiger partial charge in [0.05, 0.1) is 6.20 Å².